The van der Waals surface area contributed by atoms with Gasteiger partial charge >= 0.3 is 0 Å². The molecule has 0 aromatic heterocycles. The van der Waals surface area contributed by atoms with Gasteiger partial charge in [-0.3, -0.25) is 4.79 Å². The van der Waals surface area contributed by atoms with Gasteiger partial charge in [0.15, 0.2) is 0 Å². The normalized spacial score (nSPS) is 20.7. The predicted octanol–water partition coefficient (Wildman–Crippen LogP) is 1.20. The van der Waals surface area contributed by atoms with Crippen molar-refractivity contribution in [3.05, 3.63) is 12.7 Å². The van der Waals surface area contributed by atoms with Gasteiger partial charge in [0.2, 0.25) is 5.91 Å². The third-order valence-corrected chi connectivity index (χ3v) is 3.01. The molecule has 0 saturated heterocycles. The first-order valence-electron chi connectivity index (χ1n) is 5.22. The Morgan fingerprint density at radius 3 is 2.79 bits per heavy atom. The Morgan fingerprint density at radius 2 is 2.36 bits per heavy atom. The van der Waals surface area contributed by atoms with Crippen LogP contribution in [0.2, 0.25) is 0 Å². The zero-order chi connectivity index (χ0) is 10.6. The molecule has 1 fully saturated rings. The zero-order valence-electron chi connectivity index (χ0n) is 8.88. The average molecular weight is 196 g/mol. The molecule has 0 aliphatic heterocycles. The van der Waals surface area contributed by atoms with Crippen LogP contribution in [-0.4, -0.2) is 18.5 Å². The molecular formula is C11H20N2O. The van der Waals surface area contributed by atoms with Crippen LogP contribution in [0.15, 0.2) is 12.7 Å². The molecule has 1 rings (SSSR count). The minimum Gasteiger partial charge on any atom is -0.354 e. The summed E-state index contributed by atoms with van der Waals surface area (Å²) in [7, 11) is 0. The number of nitrogens with one attached hydrogen (secondary N) is 1. The van der Waals surface area contributed by atoms with Crippen LogP contribution in [0.25, 0.3) is 0 Å². The number of rotatable bonds is 5. The van der Waals surface area contributed by atoms with Crippen molar-refractivity contribution in [1.29, 1.82) is 0 Å². The van der Waals surface area contributed by atoms with Gasteiger partial charge in [-0.25, -0.2) is 0 Å². The molecule has 3 nitrogen and oxygen atoms in total. The lowest BCUT2D eigenvalue weighted by Gasteiger charge is -2.38. The first-order chi connectivity index (χ1) is 6.57. The number of amides is 1. The van der Waals surface area contributed by atoms with Gasteiger partial charge in [0.25, 0.3) is 0 Å². The summed E-state index contributed by atoms with van der Waals surface area (Å²) in [6.07, 6.45) is 5.93. The van der Waals surface area contributed by atoms with Crippen LogP contribution >= 0.6 is 0 Å². The van der Waals surface area contributed by atoms with E-state index in [1.54, 1.807) is 6.08 Å². The van der Waals surface area contributed by atoms with Gasteiger partial charge in [-0.05, 0) is 24.7 Å². The number of hydrogen-bond donors (Lipinski definition) is 2. The Balaban J connectivity index is 2.23. The number of carbonyl (C=O) groups is 1. The minimum atomic E-state index is -0.434. The third kappa shape index (κ3) is 2.84. The second-order valence-electron chi connectivity index (χ2n) is 4.51. The molecule has 14 heavy (non-hydrogen) atoms. The van der Waals surface area contributed by atoms with Crippen molar-refractivity contribution in [2.75, 3.05) is 6.54 Å². The Hall–Kier alpha value is -0.830. The van der Waals surface area contributed by atoms with Crippen molar-refractivity contribution < 1.29 is 4.79 Å². The lowest BCUT2D eigenvalue weighted by molar-refractivity contribution is -0.123. The molecule has 0 bridgehead atoms. The van der Waals surface area contributed by atoms with Crippen LogP contribution in [0, 0.1) is 5.41 Å². The van der Waals surface area contributed by atoms with Crippen LogP contribution in [0.1, 0.15) is 32.6 Å². The summed E-state index contributed by atoms with van der Waals surface area (Å²) >= 11 is 0. The fourth-order valence-electron chi connectivity index (χ4n) is 1.68. The molecule has 1 aliphatic carbocycles. The lowest BCUT2D eigenvalue weighted by atomic mass is 9.70. The van der Waals surface area contributed by atoms with Crippen molar-refractivity contribution in [1.82, 2.24) is 5.32 Å². The minimum absolute atomic E-state index is 0.0574. The largest absolute Gasteiger partial charge is 0.354 e. The number of nitrogens with two attached hydrogens (primary N) is 1. The van der Waals surface area contributed by atoms with E-state index >= 15 is 0 Å². The van der Waals surface area contributed by atoms with Gasteiger partial charge in [0.05, 0.1) is 6.04 Å². The highest BCUT2D eigenvalue weighted by Crippen LogP contribution is 2.39. The van der Waals surface area contributed by atoms with Gasteiger partial charge < -0.3 is 11.1 Å². The summed E-state index contributed by atoms with van der Waals surface area (Å²) in [5.74, 6) is -0.0574. The van der Waals surface area contributed by atoms with E-state index < -0.39 is 6.04 Å². The fraction of sp³-hybridized carbons (Fsp3) is 0.727. The van der Waals surface area contributed by atoms with Crippen LogP contribution in [0.4, 0.5) is 0 Å². The van der Waals surface area contributed by atoms with E-state index in [-0.39, 0.29) is 5.91 Å². The summed E-state index contributed by atoms with van der Waals surface area (Å²) in [6, 6.07) is -0.434. The van der Waals surface area contributed by atoms with E-state index in [0.717, 1.165) is 6.54 Å². The van der Waals surface area contributed by atoms with Gasteiger partial charge in [-0.15, -0.1) is 6.58 Å². The van der Waals surface area contributed by atoms with E-state index in [1.807, 2.05) is 0 Å². The molecule has 0 heterocycles. The number of carbonyl (C=O) groups excluding carboxylic acids is 1. The molecule has 0 aromatic carbocycles. The summed E-state index contributed by atoms with van der Waals surface area (Å²) in [4.78, 5) is 11.4. The molecule has 1 saturated carbocycles. The predicted molar refractivity (Wildman–Crippen MR) is 57.8 cm³/mol. The fourth-order valence-corrected chi connectivity index (χ4v) is 1.68. The molecule has 80 valence electrons. The highest BCUT2D eigenvalue weighted by Gasteiger charge is 2.32. The molecule has 3 N–H and O–H groups in total. The molecule has 0 spiro atoms. The quantitative estimate of drug-likeness (QED) is 0.649. The van der Waals surface area contributed by atoms with E-state index in [2.05, 4.69) is 18.8 Å². The smallest absolute Gasteiger partial charge is 0.237 e. The maximum absolute atomic E-state index is 11.4. The van der Waals surface area contributed by atoms with Gasteiger partial charge in [0, 0.05) is 6.54 Å². The molecule has 0 aromatic rings. The van der Waals surface area contributed by atoms with Gasteiger partial charge in [0.1, 0.15) is 0 Å². The van der Waals surface area contributed by atoms with E-state index in [9.17, 15) is 4.79 Å². The summed E-state index contributed by atoms with van der Waals surface area (Å²) in [5, 5.41) is 2.90. The molecule has 0 radical (unpaired) electrons. The van der Waals surface area contributed by atoms with E-state index in [0.29, 0.717) is 11.8 Å². The van der Waals surface area contributed by atoms with Crippen LogP contribution in [0.3, 0.4) is 0 Å². The summed E-state index contributed by atoms with van der Waals surface area (Å²) < 4.78 is 0. The van der Waals surface area contributed by atoms with Gasteiger partial charge in [-0.2, -0.15) is 0 Å². The van der Waals surface area contributed by atoms with Crippen molar-refractivity contribution >= 4 is 5.91 Å². The number of hydrogen-bond acceptors (Lipinski definition) is 2. The maximum atomic E-state index is 11.4. The molecule has 1 aliphatic rings. The van der Waals surface area contributed by atoms with Crippen molar-refractivity contribution in [2.24, 2.45) is 11.1 Å². The summed E-state index contributed by atoms with van der Waals surface area (Å²) in [6.45, 7) is 6.52. The van der Waals surface area contributed by atoms with Crippen molar-refractivity contribution in [2.45, 2.75) is 38.6 Å². The average Bonchev–Trinajstić information content (AvgIpc) is 2.11. The molecule has 1 amide bonds. The van der Waals surface area contributed by atoms with Gasteiger partial charge in [-0.1, -0.05) is 19.4 Å². The van der Waals surface area contributed by atoms with E-state index in [4.69, 9.17) is 5.73 Å². The molecule has 1 unspecified atom stereocenters. The second-order valence-corrected chi connectivity index (χ2v) is 4.51. The zero-order valence-corrected chi connectivity index (χ0v) is 8.88. The van der Waals surface area contributed by atoms with Crippen molar-refractivity contribution in [3.63, 3.8) is 0 Å². The summed E-state index contributed by atoms with van der Waals surface area (Å²) in [5.41, 5.74) is 5.96. The molecule has 1 atom stereocenters. The topological polar surface area (TPSA) is 55.1 Å². The standard InChI is InChI=1S/C11H20N2O/c1-3-5-9(12)10(14)13-8-11(2)6-4-7-11/h3,9H,1,4-8,12H2,2H3,(H,13,14). The Labute approximate surface area is 85.7 Å². The third-order valence-electron chi connectivity index (χ3n) is 3.01. The first-order valence-corrected chi connectivity index (χ1v) is 5.22. The van der Waals surface area contributed by atoms with Crippen LogP contribution in [0.5, 0.6) is 0 Å². The Bertz CT molecular complexity index is 221. The lowest BCUT2D eigenvalue weighted by Crippen LogP contribution is -2.46. The Morgan fingerprint density at radius 1 is 1.71 bits per heavy atom. The SMILES string of the molecule is C=CCC(N)C(=O)NCC1(C)CCC1. The maximum Gasteiger partial charge on any atom is 0.237 e. The van der Waals surface area contributed by atoms with Crippen LogP contribution < -0.4 is 11.1 Å². The highest BCUT2D eigenvalue weighted by molar-refractivity contribution is 5.81. The molecule has 3 heteroatoms. The first kappa shape index (κ1) is 11.2. The van der Waals surface area contributed by atoms with E-state index in [1.165, 1.54) is 19.3 Å². The van der Waals surface area contributed by atoms with Crippen molar-refractivity contribution in [3.8, 4) is 0 Å². The van der Waals surface area contributed by atoms with Crippen LogP contribution in [-0.2, 0) is 4.79 Å². The Kier molecular flexibility index (Phi) is 3.69. The second kappa shape index (κ2) is 4.60. The highest BCUT2D eigenvalue weighted by atomic mass is 16.2. The monoisotopic (exact) mass is 196 g/mol. The molecular weight excluding hydrogens is 176 g/mol.